The minimum Gasteiger partial charge on any atom is -0.370 e. The summed E-state index contributed by atoms with van der Waals surface area (Å²) < 4.78 is 13.4. The van der Waals surface area contributed by atoms with E-state index in [9.17, 15) is 18.8 Å². The average molecular weight is 606 g/mol. The van der Waals surface area contributed by atoms with Crippen LogP contribution in [0.25, 0.3) is 10.8 Å². The molecular formula is C31H40FN9O3. The zero-order valence-electron chi connectivity index (χ0n) is 24.6. The van der Waals surface area contributed by atoms with Crippen molar-refractivity contribution in [1.82, 2.24) is 16.0 Å². The quantitative estimate of drug-likeness (QED) is 0.0769. The van der Waals surface area contributed by atoms with Crippen molar-refractivity contribution in [2.45, 2.75) is 50.7 Å². The molecular weight excluding hydrogens is 565 g/mol. The smallest absolute Gasteiger partial charge is 0.251 e. The maximum absolute atomic E-state index is 13.5. The highest BCUT2D eigenvalue weighted by molar-refractivity contribution is 5.98. The van der Waals surface area contributed by atoms with E-state index >= 15 is 0 Å². The highest BCUT2D eigenvalue weighted by atomic mass is 19.1. The molecule has 3 amide bonds. The fourth-order valence-electron chi connectivity index (χ4n) is 4.53. The zero-order chi connectivity index (χ0) is 32.1. The summed E-state index contributed by atoms with van der Waals surface area (Å²) in [6.07, 6.45) is 1.16. The highest BCUT2D eigenvalue weighted by Crippen LogP contribution is 2.20. The number of carbonyl (C=O) groups is 3. The third-order valence-electron chi connectivity index (χ3n) is 6.88. The second-order valence-corrected chi connectivity index (χ2v) is 10.3. The third kappa shape index (κ3) is 10.6. The number of guanidine groups is 2. The van der Waals surface area contributed by atoms with Crippen LogP contribution in [-0.2, 0) is 9.59 Å². The van der Waals surface area contributed by atoms with E-state index in [2.05, 4.69) is 25.9 Å². The second kappa shape index (κ2) is 16.4. The summed E-state index contributed by atoms with van der Waals surface area (Å²) in [5, 5.41) is 10.6. The van der Waals surface area contributed by atoms with E-state index in [0.29, 0.717) is 12.8 Å². The van der Waals surface area contributed by atoms with Gasteiger partial charge in [0, 0.05) is 18.7 Å². The van der Waals surface area contributed by atoms with Crippen molar-refractivity contribution in [3.63, 3.8) is 0 Å². The van der Waals surface area contributed by atoms with Gasteiger partial charge in [0.25, 0.3) is 5.91 Å². The average Bonchev–Trinajstić information content (AvgIpc) is 2.99. The van der Waals surface area contributed by atoms with Crippen molar-refractivity contribution in [3.05, 3.63) is 83.7 Å². The monoisotopic (exact) mass is 605 g/mol. The molecule has 3 atom stereocenters. The normalized spacial score (nSPS) is 12.8. The van der Waals surface area contributed by atoms with E-state index in [0.717, 1.165) is 28.5 Å². The fourth-order valence-corrected chi connectivity index (χ4v) is 4.53. The Morgan fingerprint density at radius 1 is 0.727 bits per heavy atom. The largest absolute Gasteiger partial charge is 0.370 e. The van der Waals surface area contributed by atoms with E-state index in [4.69, 9.17) is 22.9 Å². The Labute approximate surface area is 255 Å². The Hall–Kier alpha value is -5.20. The van der Waals surface area contributed by atoms with Crippen molar-refractivity contribution < 1.29 is 18.8 Å². The summed E-state index contributed by atoms with van der Waals surface area (Å²) >= 11 is 0. The number of fused-ring (bicyclic) bond motifs is 1. The molecule has 234 valence electrons. The maximum atomic E-state index is 13.5. The van der Waals surface area contributed by atoms with Crippen LogP contribution in [0.4, 0.5) is 4.39 Å². The van der Waals surface area contributed by atoms with Gasteiger partial charge in [-0.25, -0.2) is 4.39 Å². The standard InChI is InChI=1S/C31H40FN9O3/c1-19(22-11-10-20-6-2-3-7-23(20)18-22)39-28(43)25(8-4-16-37-30(33)34)41-29(44)26(9-5-17-38-31(35)36)40-27(42)21-12-14-24(32)15-13-21/h2-3,6-7,10-15,18-19,25-26H,4-5,8-9,16-17H2,1H3,(H,39,43)(H,40,42)(H,41,44)(H4,33,34,37)(H4,35,36,38)/t19-,25-,26-/m0/s1. The number of hydrogen-bond acceptors (Lipinski definition) is 5. The molecule has 0 saturated carbocycles. The van der Waals surface area contributed by atoms with Gasteiger partial charge in [-0.05, 0) is 79.3 Å². The molecule has 3 aromatic carbocycles. The van der Waals surface area contributed by atoms with Gasteiger partial charge in [-0.3, -0.25) is 24.4 Å². The number of halogens is 1. The number of aliphatic imine (C=N–C) groups is 2. The Bertz CT molecular complexity index is 1490. The van der Waals surface area contributed by atoms with Crippen LogP contribution in [0.1, 0.15) is 54.6 Å². The third-order valence-corrected chi connectivity index (χ3v) is 6.88. The topological polar surface area (TPSA) is 216 Å². The van der Waals surface area contributed by atoms with Crippen LogP contribution >= 0.6 is 0 Å². The summed E-state index contributed by atoms with van der Waals surface area (Å²) in [5.41, 5.74) is 22.7. The lowest BCUT2D eigenvalue weighted by molar-refractivity contribution is -0.130. The first-order valence-corrected chi connectivity index (χ1v) is 14.3. The number of rotatable bonds is 15. The lowest BCUT2D eigenvalue weighted by atomic mass is 10.0. The molecule has 0 unspecified atom stereocenters. The number of nitrogens with two attached hydrogens (primary N) is 4. The first-order chi connectivity index (χ1) is 21.0. The molecule has 3 aromatic rings. The summed E-state index contributed by atoms with van der Waals surface area (Å²) in [6, 6.07) is 16.4. The van der Waals surface area contributed by atoms with Gasteiger partial charge < -0.3 is 38.9 Å². The van der Waals surface area contributed by atoms with Crippen LogP contribution in [0.5, 0.6) is 0 Å². The SMILES string of the molecule is C[C@H](NC(=O)[C@H](CCCN=C(N)N)NC(=O)[C@H](CCCN=C(N)N)NC(=O)c1ccc(F)cc1)c1ccc2ccccc2c1. The van der Waals surface area contributed by atoms with Crippen LogP contribution in [0.3, 0.4) is 0 Å². The highest BCUT2D eigenvalue weighted by Gasteiger charge is 2.27. The van der Waals surface area contributed by atoms with E-state index in [1.807, 2.05) is 49.4 Å². The van der Waals surface area contributed by atoms with Gasteiger partial charge in [-0.1, -0.05) is 36.4 Å². The van der Waals surface area contributed by atoms with Gasteiger partial charge >= 0.3 is 0 Å². The Balaban J connectivity index is 1.76. The predicted octanol–water partition coefficient (Wildman–Crippen LogP) is 1.55. The van der Waals surface area contributed by atoms with Crippen LogP contribution in [-0.4, -0.2) is 54.8 Å². The number of nitrogens with one attached hydrogen (secondary N) is 3. The Morgan fingerprint density at radius 2 is 1.27 bits per heavy atom. The van der Waals surface area contributed by atoms with Crippen LogP contribution in [0, 0.1) is 5.82 Å². The van der Waals surface area contributed by atoms with Crippen molar-refractivity contribution in [2.75, 3.05) is 13.1 Å². The van der Waals surface area contributed by atoms with E-state index in [-0.39, 0.29) is 49.5 Å². The van der Waals surface area contributed by atoms with Crippen molar-refractivity contribution in [3.8, 4) is 0 Å². The first kappa shape index (κ1) is 33.3. The Morgan fingerprint density at radius 3 is 1.86 bits per heavy atom. The minimum absolute atomic E-state index is 0.0793. The molecule has 3 rings (SSSR count). The van der Waals surface area contributed by atoms with E-state index < -0.39 is 35.6 Å². The molecule has 12 nitrogen and oxygen atoms in total. The molecule has 11 N–H and O–H groups in total. The lowest BCUT2D eigenvalue weighted by Gasteiger charge is -2.25. The predicted molar refractivity (Wildman–Crippen MR) is 170 cm³/mol. The minimum atomic E-state index is -1.03. The van der Waals surface area contributed by atoms with Gasteiger partial charge in [0.2, 0.25) is 11.8 Å². The molecule has 0 radical (unpaired) electrons. The summed E-state index contributed by atoms with van der Waals surface area (Å²) in [7, 11) is 0. The number of amides is 3. The molecule has 0 bridgehead atoms. The summed E-state index contributed by atoms with van der Waals surface area (Å²) in [4.78, 5) is 47.8. The molecule has 0 aromatic heterocycles. The van der Waals surface area contributed by atoms with E-state index in [1.165, 1.54) is 12.1 Å². The van der Waals surface area contributed by atoms with Crippen LogP contribution in [0.2, 0.25) is 0 Å². The molecule has 0 saturated heterocycles. The molecule has 0 spiro atoms. The van der Waals surface area contributed by atoms with Gasteiger partial charge in [0.1, 0.15) is 17.9 Å². The second-order valence-electron chi connectivity index (χ2n) is 10.3. The van der Waals surface area contributed by atoms with Gasteiger partial charge in [-0.2, -0.15) is 0 Å². The van der Waals surface area contributed by atoms with Crippen LogP contribution < -0.4 is 38.9 Å². The molecule has 0 aliphatic heterocycles. The molecule has 0 fully saturated rings. The molecule has 13 heteroatoms. The van der Waals surface area contributed by atoms with Crippen molar-refractivity contribution in [1.29, 1.82) is 0 Å². The first-order valence-electron chi connectivity index (χ1n) is 14.3. The summed E-state index contributed by atoms with van der Waals surface area (Å²) in [6.45, 7) is 2.34. The molecule has 0 aliphatic carbocycles. The number of hydrogen-bond donors (Lipinski definition) is 7. The number of nitrogens with zero attached hydrogens (tertiary/aromatic N) is 2. The number of carbonyl (C=O) groups excluding carboxylic acids is 3. The molecule has 0 heterocycles. The van der Waals surface area contributed by atoms with Crippen LogP contribution in [0.15, 0.2) is 76.7 Å². The van der Waals surface area contributed by atoms with Crippen molar-refractivity contribution in [2.24, 2.45) is 32.9 Å². The van der Waals surface area contributed by atoms with E-state index in [1.54, 1.807) is 0 Å². The molecule has 44 heavy (non-hydrogen) atoms. The van der Waals surface area contributed by atoms with Gasteiger partial charge in [0.15, 0.2) is 11.9 Å². The van der Waals surface area contributed by atoms with Gasteiger partial charge in [-0.15, -0.1) is 0 Å². The fraction of sp³-hybridized carbons (Fsp3) is 0.323. The summed E-state index contributed by atoms with van der Waals surface area (Å²) in [5.74, 6) is -2.24. The van der Waals surface area contributed by atoms with Gasteiger partial charge in [0.05, 0.1) is 6.04 Å². The Kier molecular flexibility index (Phi) is 12.4. The zero-order valence-corrected chi connectivity index (χ0v) is 24.6. The molecule has 0 aliphatic rings. The van der Waals surface area contributed by atoms with Crippen molar-refractivity contribution >= 4 is 40.4 Å². The lowest BCUT2D eigenvalue weighted by Crippen LogP contribution is -2.54. The maximum Gasteiger partial charge on any atom is 0.251 e. The number of benzene rings is 3.